The Hall–Kier alpha value is -1.69. The highest BCUT2D eigenvalue weighted by molar-refractivity contribution is 9.11. The Morgan fingerprint density at radius 2 is 1.95 bits per heavy atom. The molecular formula is C11H8Br2N6. The third-order valence-electron chi connectivity index (χ3n) is 2.28. The summed E-state index contributed by atoms with van der Waals surface area (Å²) in [7, 11) is 0. The zero-order valence-electron chi connectivity index (χ0n) is 9.48. The largest absolute Gasteiger partial charge is 0.338 e. The summed E-state index contributed by atoms with van der Waals surface area (Å²) in [4.78, 5) is 8.08. The van der Waals surface area contributed by atoms with E-state index in [0.29, 0.717) is 21.7 Å². The summed E-state index contributed by atoms with van der Waals surface area (Å²) in [5.74, 6) is 6.37. The highest BCUT2D eigenvalue weighted by Crippen LogP contribution is 2.31. The van der Waals surface area contributed by atoms with Crippen LogP contribution >= 0.6 is 31.9 Å². The van der Waals surface area contributed by atoms with Crippen LogP contribution in [-0.4, -0.2) is 9.97 Å². The van der Waals surface area contributed by atoms with Crippen molar-refractivity contribution in [2.24, 2.45) is 5.84 Å². The number of aromatic nitrogens is 2. The Labute approximate surface area is 126 Å². The molecule has 1 aromatic heterocycles. The third kappa shape index (κ3) is 3.01. The van der Waals surface area contributed by atoms with Crippen molar-refractivity contribution in [2.75, 3.05) is 10.7 Å². The quantitative estimate of drug-likeness (QED) is 0.556. The predicted molar refractivity (Wildman–Crippen MR) is 79.7 cm³/mol. The second-order valence-corrected chi connectivity index (χ2v) is 5.11. The highest BCUT2D eigenvalue weighted by atomic mass is 79.9. The maximum absolute atomic E-state index is 8.81. The minimum Gasteiger partial charge on any atom is -0.338 e. The Morgan fingerprint density at radius 3 is 2.58 bits per heavy atom. The van der Waals surface area contributed by atoms with Crippen LogP contribution in [0.15, 0.2) is 33.5 Å². The molecule has 96 valence electrons. The molecule has 19 heavy (non-hydrogen) atoms. The van der Waals surface area contributed by atoms with Crippen molar-refractivity contribution >= 4 is 49.2 Å². The zero-order valence-corrected chi connectivity index (χ0v) is 12.7. The van der Waals surface area contributed by atoms with Crippen LogP contribution in [0.4, 0.5) is 17.3 Å². The molecule has 2 aromatic rings. The summed E-state index contributed by atoms with van der Waals surface area (Å²) in [6.07, 6.45) is 1.39. The number of nitrogens with zero attached hydrogens (tertiary/aromatic N) is 3. The molecule has 0 unspecified atom stereocenters. The van der Waals surface area contributed by atoms with Crippen LogP contribution in [0, 0.1) is 11.3 Å². The number of anilines is 3. The molecule has 0 amide bonds. The number of nitrogens with two attached hydrogens (primary N) is 1. The first kappa shape index (κ1) is 13.7. The van der Waals surface area contributed by atoms with Crippen molar-refractivity contribution in [1.82, 2.24) is 9.97 Å². The van der Waals surface area contributed by atoms with E-state index in [2.05, 4.69) is 58.6 Å². The van der Waals surface area contributed by atoms with E-state index in [1.807, 2.05) is 0 Å². The van der Waals surface area contributed by atoms with Gasteiger partial charge in [0.25, 0.3) is 0 Å². The summed E-state index contributed by atoms with van der Waals surface area (Å²) in [6, 6.07) is 7.29. The fraction of sp³-hybridized carbons (Fsp3) is 0. The lowest BCUT2D eigenvalue weighted by molar-refractivity contribution is 1.12. The van der Waals surface area contributed by atoms with E-state index in [0.717, 1.165) is 10.2 Å². The SMILES string of the molecule is N#Cc1ccc(Nc2ncnc(NN)c2Br)c(Br)c1. The molecule has 0 aliphatic rings. The fourth-order valence-electron chi connectivity index (χ4n) is 1.37. The Kier molecular flexibility index (Phi) is 4.31. The number of nitrogen functional groups attached to an aromatic ring is 1. The lowest BCUT2D eigenvalue weighted by atomic mass is 10.2. The zero-order chi connectivity index (χ0) is 13.8. The number of benzene rings is 1. The van der Waals surface area contributed by atoms with Gasteiger partial charge in [0, 0.05) is 4.47 Å². The van der Waals surface area contributed by atoms with E-state index in [9.17, 15) is 0 Å². The molecule has 0 saturated heterocycles. The number of hydrazine groups is 1. The van der Waals surface area contributed by atoms with Crippen molar-refractivity contribution in [2.45, 2.75) is 0 Å². The molecule has 2 rings (SSSR count). The van der Waals surface area contributed by atoms with Crippen molar-refractivity contribution in [3.8, 4) is 6.07 Å². The van der Waals surface area contributed by atoms with Gasteiger partial charge in [-0.3, -0.25) is 0 Å². The van der Waals surface area contributed by atoms with Gasteiger partial charge in [-0.05, 0) is 50.1 Å². The van der Waals surface area contributed by atoms with Crippen molar-refractivity contribution in [3.05, 3.63) is 39.0 Å². The number of rotatable bonds is 3. The lowest BCUT2D eigenvalue weighted by Crippen LogP contribution is -2.10. The number of hydrogen-bond donors (Lipinski definition) is 3. The fourth-order valence-corrected chi connectivity index (χ4v) is 2.27. The molecule has 0 spiro atoms. The van der Waals surface area contributed by atoms with Gasteiger partial charge in [0.15, 0.2) is 5.82 Å². The molecule has 4 N–H and O–H groups in total. The summed E-state index contributed by atoms with van der Waals surface area (Å²) in [5, 5.41) is 11.9. The van der Waals surface area contributed by atoms with Gasteiger partial charge in [0.05, 0.1) is 17.3 Å². The van der Waals surface area contributed by atoms with Crippen LogP contribution in [0.5, 0.6) is 0 Å². The molecule has 1 heterocycles. The van der Waals surface area contributed by atoms with Crippen LogP contribution in [0.25, 0.3) is 0 Å². The normalized spacial score (nSPS) is 9.79. The first-order valence-electron chi connectivity index (χ1n) is 5.09. The first-order valence-corrected chi connectivity index (χ1v) is 6.68. The van der Waals surface area contributed by atoms with Gasteiger partial charge in [0.1, 0.15) is 16.6 Å². The average Bonchev–Trinajstić information content (AvgIpc) is 2.43. The summed E-state index contributed by atoms with van der Waals surface area (Å²) < 4.78 is 1.38. The second-order valence-electron chi connectivity index (χ2n) is 3.46. The van der Waals surface area contributed by atoms with E-state index < -0.39 is 0 Å². The van der Waals surface area contributed by atoms with Crippen LogP contribution in [0.2, 0.25) is 0 Å². The minimum absolute atomic E-state index is 0.474. The number of halogens is 2. The monoisotopic (exact) mass is 382 g/mol. The topological polar surface area (TPSA) is 99.6 Å². The molecule has 1 aromatic carbocycles. The number of nitriles is 1. The van der Waals surface area contributed by atoms with Crippen molar-refractivity contribution in [1.29, 1.82) is 5.26 Å². The number of nitrogens with one attached hydrogen (secondary N) is 2. The predicted octanol–water partition coefficient (Wildman–Crippen LogP) is 2.90. The molecule has 8 heteroatoms. The van der Waals surface area contributed by atoms with Crippen LogP contribution < -0.4 is 16.6 Å². The maximum atomic E-state index is 8.81. The van der Waals surface area contributed by atoms with Gasteiger partial charge < -0.3 is 10.7 Å². The lowest BCUT2D eigenvalue weighted by Gasteiger charge is -2.11. The molecular weight excluding hydrogens is 376 g/mol. The Balaban J connectivity index is 2.34. The molecule has 0 bridgehead atoms. The van der Waals surface area contributed by atoms with E-state index in [4.69, 9.17) is 11.1 Å². The first-order chi connectivity index (χ1) is 9.15. The molecule has 6 nitrogen and oxygen atoms in total. The number of hydrogen-bond acceptors (Lipinski definition) is 6. The van der Waals surface area contributed by atoms with Crippen LogP contribution in [0.3, 0.4) is 0 Å². The van der Waals surface area contributed by atoms with Crippen molar-refractivity contribution < 1.29 is 0 Å². The molecule has 0 atom stereocenters. The molecule has 0 radical (unpaired) electrons. The van der Waals surface area contributed by atoms with Gasteiger partial charge in [-0.1, -0.05) is 0 Å². The molecule has 0 aliphatic carbocycles. The second kappa shape index (κ2) is 5.97. The van der Waals surface area contributed by atoms with Gasteiger partial charge in [-0.2, -0.15) is 5.26 Å². The summed E-state index contributed by atoms with van der Waals surface area (Å²) in [6.45, 7) is 0. The standard InChI is InChI=1S/C11H8Br2N6/c12-7-3-6(4-14)1-2-8(7)18-10-9(13)11(19-15)17-5-16-10/h1-3,5H,15H2,(H2,16,17,18,19). The summed E-state index contributed by atoms with van der Waals surface area (Å²) >= 11 is 6.75. The Bertz CT molecular complexity index is 652. The van der Waals surface area contributed by atoms with Crippen molar-refractivity contribution in [3.63, 3.8) is 0 Å². The van der Waals surface area contributed by atoms with Gasteiger partial charge in [-0.15, -0.1) is 0 Å². The highest BCUT2D eigenvalue weighted by Gasteiger charge is 2.09. The van der Waals surface area contributed by atoms with Gasteiger partial charge in [0.2, 0.25) is 0 Å². The Morgan fingerprint density at radius 1 is 1.21 bits per heavy atom. The van der Waals surface area contributed by atoms with Gasteiger partial charge >= 0.3 is 0 Å². The van der Waals surface area contributed by atoms with Gasteiger partial charge in [-0.25, -0.2) is 15.8 Å². The third-order valence-corrected chi connectivity index (χ3v) is 3.68. The molecule has 0 fully saturated rings. The van der Waals surface area contributed by atoms with E-state index in [-0.39, 0.29) is 0 Å². The molecule has 0 saturated carbocycles. The van der Waals surface area contributed by atoms with E-state index >= 15 is 0 Å². The van der Waals surface area contributed by atoms with E-state index in [1.54, 1.807) is 18.2 Å². The van der Waals surface area contributed by atoms with E-state index in [1.165, 1.54) is 6.33 Å². The van der Waals surface area contributed by atoms with Crippen LogP contribution in [-0.2, 0) is 0 Å². The minimum atomic E-state index is 0.474. The average molecular weight is 384 g/mol. The summed E-state index contributed by atoms with van der Waals surface area (Å²) in [5.41, 5.74) is 3.81. The maximum Gasteiger partial charge on any atom is 0.159 e. The van der Waals surface area contributed by atoms with Crippen LogP contribution in [0.1, 0.15) is 5.56 Å². The molecule has 0 aliphatic heterocycles. The smallest absolute Gasteiger partial charge is 0.159 e.